The molecule has 18 heavy (non-hydrogen) atoms. The molecule has 1 heterocycles. The lowest BCUT2D eigenvalue weighted by atomic mass is 10.3. The third kappa shape index (κ3) is 4.14. The van der Waals surface area contributed by atoms with Gasteiger partial charge in [0.05, 0.1) is 6.61 Å². The molecule has 0 aliphatic rings. The minimum absolute atomic E-state index is 0.326. The molecule has 1 rings (SSSR count). The minimum atomic E-state index is -5.55. The van der Waals surface area contributed by atoms with E-state index in [0.29, 0.717) is 17.9 Å². The van der Waals surface area contributed by atoms with E-state index in [-0.39, 0.29) is 0 Å². The first kappa shape index (κ1) is 15.3. The number of pyridine rings is 1. The zero-order valence-electron chi connectivity index (χ0n) is 9.09. The van der Waals surface area contributed by atoms with Gasteiger partial charge in [-0.1, -0.05) is 0 Å². The van der Waals surface area contributed by atoms with Crippen molar-refractivity contribution in [1.82, 2.24) is 0 Å². The Balaban J connectivity index is 2.72. The van der Waals surface area contributed by atoms with Gasteiger partial charge in [-0.3, -0.25) is 4.18 Å². The first-order valence-electron chi connectivity index (χ1n) is 4.81. The highest BCUT2D eigenvalue weighted by Crippen LogP contribution is 2.25. The summed E-state index contributed by atoms with van der Waals surface area (Å²) in [5.74, 6) is 0.551. The van der Waals surface area contributed by atoms with E-state index in [2.05, 4.69) is 16.8 Å². The monoisotopic (exact) mass is 302 g/mol. The van der Waals surface area contributed by atoms with Crippen molar-refractivity contribution in [3.8, 4) is 0 Å². The number of aryl methyl sites for hydroxylation is 1. The van der Waals surface area contributed by atoms with Crippen LogP contribution in [0.3, 0.4) is 0 Å². The van der Waals surface area contributed by atoms with Gasteiger partial charge >= 0.3 is 15.6 Å². The van der Waals surface area contributed by atoms with E-state index in [1.807, 2.05) is 0 Å². The van der Waals surface area contributed by atoms with Crippen molar-refractivity contribution in [2.45, 2.75) is 18.7 Å². The molecule has 102 valence electrons. The van der Waals surface area contributed by atoms with Gasteiger partial charge < -0.3 is 0 Å². The van der Waals surface area contributed by atoms with Crippen molar-refractivity contribution in [2.24, 2.45) is 0 Å². The standard InChI is InChI=1S/C9H10F3NO3S2/c10-9(11,12)18(14,15)16-7-8-2-1-3-13(6-8)4-5-17/h1-3,6H,4-5,7H2/p+1. The van der Waals surface area contributed by atoms with Crippen LogP contribution in [0, 0.1) is 0 Å². The molecule has 1 aromatic rings. The van der Waals surface area contributed by atoms with Crippen molar-refractivity contribution in [3.05, 3.63) is 30.1 Å². The third-order valence-electron chi connectivity index (χ3n) is 1.94. The Labute approximate surface area is 108 Å². The maximum Gasteiger partial charge on any atom is 0.523 e. The molecule has 1 aromatic heterocycles. The number of thiol groups is 1. The highest BCUT2D eigenvalue weighted by molar-refractivity contribution is 7.87. The highest BCUT2D eigenvalue weighted by atomic mass is 32.2. The van der Waals surface area contributed by atoms with Crippen LogP contribution in [-0.4, -0.2) is 19.7 Å². The van der Waals surface area contributed by atoms with Gasteiger partial charge in [-0.05, 0) is 6.07 Å². The summed E-state index contributed by atoms with van der Waals surface area (Å²) < 4.78 is 63.0. The molecule has 0 radical (unpaired) electrons. The number of halogens is 3. The second kappa shape index (κ2) is 5.89. The molecule has 0 aliphatic heterocycles. The molecule has 0 aromatic carbocycles. The average molecular weight is 302 g/mol. The van der Waals surface area contributed by atoms with Crippen LogP contribution in [-0.2, 0) is 27.5 Å². The van der Waals surface area contributed by atoms with Crippen LogP contribution < -0.4 is 4.57 Å². The topological polar surface area (TPSA) is 47.3 Å². The molecule has 0 bridgehead atoms. The Morgan fingerprint density at radius 3 is 2.61 bits per heavy atom. The number of nitrogens with zero attached hydrogens (tertiary/aromatic N) is 1. The zero-order chi connectivity index (χ0) is 13.8. The molecule has 0 unspecified atom stereocenters. The molecule has 0 saturated heterocycles. The summed E-state index contributed by atoms with van der Waals surface area (Å²) in [4.78, 5) is 0. The minimum Gasteiger partial charge on any atom is -0.258 e. The molecule has 0 saturated carbocycles. The van der Waals surface area contributed by atoms with Gasteiger partial charge in [0.15, 0.2) is 18.9 Å². The van der Waals surface area contributed by atoms with Crippen LogP contribution in [0.5, 0.6) is 0 Å². The quantitative estimate of drug-likeness (QED) is 0.386. The van der Waals surface area contributed by atoms with Gasteiger partial charge in [-0.25, -0.2) is 4.57 Å². The lowest BCUT2D eigenvalue weighted by molar-refractivity contribution is -0.692. The molecule has 0 fully saturated rings. The normalized spacial score (nSPS) is 12.7. The van der Waals surface area contributed by atoms with Crippen LogP contribution in [0.2, 0.25) is 0 Å². The van der Waals surface area contributed by atoms with E-state index in [1.54, 1.807) is 16.8 Å². The van der Waals surface area contributed by atoms with E-state index in [0.717, 1.165) is 0 Å². The fraction of sp³-hybridized carbons (Fsp3) is 0.444. The van der Waals surface area contributed by atoms with Crippen molar-refractivity contribution in [1.29, 1.82) is 0 Å². The van der Waals surface area contributed by atoms with Crippen molar-refractivity contribution < 1.29 is 30.3 Å². The number of hydrogen-bond donors (Lipinski definition) is 1. The summed E-state index contributed by atoms with van der Waals surface area (Å²) in [7, 11) is -5.55. The smallest absolute Gasteiger partial charge is 0.258 e. The predicted molar refractivity (Wildman–Crippen MR) is 60.3 cm³/mol. The van der Waals surface area contributed by atoms with Gasteiger partial charge in [0, 0.05) is 17.4 Å². The van der Waals surface area contributed by atoms with Gasteiger partial charge in [-0.15, -0.1) is 0 Å². The Morgan fingerprint density at radius 1 is 1.39 bits per heavy atom. The summed E-state index contributed by atoms with van der Waals surface area (Å²) in [5, 5.41) is 0. The first-order valence-corrected chi connectivity index (χ1v) is 6.85. The molecule has 0 aliphatic carbocycles. The summed E-state index contributed by atoms with van der Waals surface area (Å²) in [5.41, 5.74) is -5.07. The predicted octanol–water partition coefficient (Wildman–Crippen LogP) is 1.27. The fourth-order valence-electron chi connectivity index (χ4n) is 1.13. The lowest BCUT2D eigenvalue weighted by Gasteiger charge is -2.07. The van der Waals surface area contributed by atoms with Gasteiger partial charge in [0.25, 0.3) is 0 Å². The zero-order valence-corrected chi connectivity index (χ0v) is 10.8. The number of hydrogen-bond acceptors (Lipinski definition) is 4. The van der Waals surface area contributed by atoms with Crippen LogP contribution >= 0.6 is 12.6 Å². The van der Waals surface area contributed by atoms with E-state index in [1.165, 1.54) is 12.3 Å². The summed E-state index contributed by atoms with van der Waals surface area (Å²) >= 11 is 4.01. The second-order valence-electron chi connectivity index (χ2n) is 3.34. The fourth-order valence-corrected chi connectivity index (χ4v) is 1.78. The molecule has 0 atom stereocenters. The Morgan fingerprint density at radius 2 is 2.06 bits per heavy atom. The summed E-state index contributed by atoms with van der Waals surface area (Å²) in [6.45, 7) is -0.0990. The van der Waals surface area contributed by atoms with Gasteiger partial charge in [0.2, 0.25) is 0 Å². The van der Waals surface area contributed by atoms with E-state index >= 15 is 0 Å². The van der Waals surface area contributed by atoms with Crippen LogP contribution in [0.4, 0.5) is 13.2 Å². The Kier molecular flexibility index (Phi) is 5.00. The van der Waals surface area contributed by atoms with Gasteiger partial charge in [-0.2, -0.15) is 34.2 Å². The lowest BCUT2D eigenvalue weighted by Crippen LogP contribution is -2.34. The van der Waals surface area contributed by atoms with E-state index < -0.39 is 22.2 Å². The van der Waals surface area contributed by atoms with Gasteiger partial charge in [0.1, 0.15) is 0 Å². The second-order valence-corrected chi connectivity index (χ2v) is 5.39. The van der Waals surface area contributed by atoms with Crippen LogP contribution in [0.25, 0.3) is 0 Å². The molecular formula is C9H11F3NO3S2+. The average Bonchev–Trinajstić information content (AvgIpc) is 2.26. The van der Waals surface area contributed by atoms with E-state index in [9.17, 15) is 21.6 Å². The SMILES string of the molecule is O=S(=O)(OCc1ccc[n+](CCS)c1)C(F)(F)F. The Bertz CT molecular complexity index is 502. The maximum absolute atomic E-state index is 12.0. The maximum atomic E-state index is 12.0. The number of alkyl halides is 3. The van der Waals surface area contributed by atoms with Crippen molar-refractivity contribution in [3.63, 3.8) is 0 Å². The summed E-state index contributed by atoms with van der Waals surface area (Å²) in [6, 6.07) is 3.06. The molecular weight excluding hydrogens is 291 g/mol. The van der Waals surface area contributed by atoms with E-state index in [4.69, 9.17) is 0 Å². The molecule has 9 heteroatoms. The third-order valence-corrected chi connectivity index (χ3v) is 3.14. The Hall–Kier alpha value is -0.800. The van der Waals surface area contributed by atoms with Crippen LogP contribution in [0.1, 0.15) is 5.56 Å². The largest absolute Gasteiger partial charge is 0.523 e. The molecule has 0 amide bonds. The van der Waals surface area contributed by atoms with Crippen molar-refractivity contribution >= 4 is 22.7 Å². The van der Waals surface area contributed by atoms with Crippen molar-refractivity contribution in [2.75, 3.05) is 5.75 Å². The molecule has 0 N–H and O–H groups in total. The first-order chi connectivity index (χ1) is 8.26. The summed E-state index contributed by atoms with van der Waals surface area (Å²) in [6.07, 6.45) is 3.19. The number of rotatable bonds is 5. The molecule has 0 spiro atoms. The number of aromatic nitrogens is 1. The molecule has 4 nitrogen and oxygen atoms in total. The highest BCUT2D eigenvalue weighted by Gasteiger charge is 2.47. The van der Waals surface area contributed by atoms with Crippen LogP contribution in [0.15, 0.2) is 24.5 Å².